The van der Waals surface area contributed by atoms with Crippen LogP contribution in [0.25, 0.3) is 0 Å². The Morgan fingerprint density at radius 2 is 2.00 bits per heavy atom. The van der Waals surface area contributed by atoms with Crippen LogP contribution in [0, 0.1) is 11.8 Å². The van der Waals surface area contributed by atoms with Gasteiger partial charge in [-0.05, 0) is 49.6 Å². The Bertz CT molecular complexity index is 311. The van der Waals surface area contributed by atoms with Crippen molar-refractivity contribution in [3.8, 4) is 0 Å². The van der Waals surface area contributed by atoms with Crippen molar-refractivity contribution < 1.29 is 0 Å². The van der Waals surface area contributed by atoms with Gasteiger partial charge in [-0.2, -0.15) is 0 Å². The topological polar surface area (TPSA) is 12.0 Å². The van der Waals surface area contributed by atoms with E-state index in [9.17, 15) is 0 Å². The Labute approximate surface area is 91.9 Å². The smallest absolute Gasteiger partial charge is 0.00701 e. The van der Waals surface area contributed by atoms with Crippen LogP contribution in [0.4, 0.5) is 0 Å². The molecule has 15 heavy (non-hydrogen) atoms. The molecule has 3 fully saturated rings. The second-order valence-electron chi connectivity index (χ2n) is 5.13. The molecule has 0 aromatic heterocycles. The zero-order valence-corrected chi connectivity index (χ0v) is 9.15. The van der Waals surface area contributed by atoms with Crippen molar-refractivity contribution in [1.29, 1.82) is 0 Å². The molecule has 3 atom stereocenters. The molecule has 1 heteroatoms. The third-order valence-electron chi connectivity index (χ3n) is 4.15. The van der Waals surface area contributed by atoms with E-state index in [0.29, 0.717) is 0 Å². The zero-order valence-electron chi connectivity index (χ0n) is 9.15. The number of nitrogens with one attached hydrogen (secondary N) is 1. The SMILES string of the molecule is c1ccc(CC2CC3CCC2CN3)cc1. The van der Waals surface area contributed by atoms with Crippen molar-refractivity contribution in [3.63, 3.8) is 0 Å². The van der Waals surface area contributed by atoms with E-state index < -0.39 is 0 Å². The summed E-state index contributed by atoms with van der Waals surface area (Å²) in [7, 11) is 0. The molecule has 0 amide bonds. The second-order valence-corrected chi connectivity index (χ2v) is 5.13. The Hall–Kier alpha value is -0.820. The van der Waals surface area contributed by atoms with Gasteiger partial charge in [0.25, 0.3) is 0 Å². The lowest BCUT2D eigenvalue weighted by Crippen LogP contribution is -2.49. The van der Waals surface area contributed by atoms with Gasteiger partial charge in [0.05, 0.1) is 0 Å². The molecular formula is C14H19N. The van der Waals surface area contributed by atoms with Gasteiger partial charge >= 0.3 is 0 Å². The molecule has 0 spiro atoms. The highest BCUT2D eigenvalue weighted by molar-refractivity contribution is 5.16. The molecule has 2 aliphatic heterocycles. The third kappa shape index (κ3) is 1.93. The highest BCUT2D eigenvalue weighted by atomic mass is 14.9. The van der Waals surface area contributed by atoms with Crippen molar-refractivity contribution in [3.05, 3.63) is 35.9 Å². The standard InChI is InChI=1S/C14H19N/c1-2-4-11(5-3-1)8-13-9-14-7-6-12(13)10-15-14/h1-5,12-15H,6-10H2. The molecule has 1 aliphatic carbocycles. The first-order valence-corrected chi connectivity index (χ1v) is 6.19. The highest BCUT2D eigenvalue weighted by Crippen LogP contribution is 2.36. The van der Waals surface area contributed by atoms with Crippen molar-refractivity contribution in [2.45, 2.75) is 31.7 Å². The van der Waals surface area contributed by atoms with Crippen LogP contribution in [0.15, 0.2) is 30.3 Å². The van der Waals surface area contributed by atoms with E-state index in [1.54, 1.807) is 0 Å². The molecule has 4 rings (SSSR count). The van der Waals surface area contributed by atoms with Gasteiger partial charge in [-0.25, -0.2) is 0 Å². The summed E-state index contributed by atoms with van der Waals surface area (Å²) in [6, 6.07) is 11.8. The summed E-state index contributed by atoms with van der Waals surface area (Å²) in [6.45, 7) is 1.27. The van der Waals surface area contributed by atoms with E-state index in [0.717, 1.165) is 17.9 Å². The van der Waals surface area contributed by atoms with Crippen molar-refractivity contribution >= 4 is 0 Å². The van der Waals surface area contributed by atoms with Crippen LogP contribution in [-0.2, 0) is 6.42 Å². The van der Waals surface area contributed by atoms with Gasteiger partial charge in [0.2, 0.25) is 0 Å². The van der Waals surface area contributed by atoms with Crippen LogP contribution in [0.3, 0.4) is 0 Å². The number of piperidine rings is 2. The van der Waals surface area contributed by atoms with E-state index in [-0.39, 0.29) is 0 Å². The quantitative estimate of drug-likeness (QED) is 0.775. The lowest BCUT2D eigenvalue weighted by atomic mass is 9.71. The molecule has 1 nitrogen and oxygen atoms in total. The third-order valence-corrected chi connectivity index (χ3v) is 4.15. The molecule has 1 aromatic carbocycles. The molecule has 0 radical (unpaired) electrons. The first-order chi connectivity index (χ1) is 7.42. The lowest BCUT2D eigenvalue weighted by Gasteiger charge is -2.43. The van der Waals surface area contributed by atoms with Gasteiger partial charge in [0.1, 0.15) is 0 Å². The van der Waals surface area contributed by atoms with Crippen molar-refractivity contribution in [2.24, 2.45) is 11.8 Å². The molecular weight excluding hydrogens is 182 g/mol. The maximum Gasteiger partial charge on any atom is 0.00701 e. The number of fused-ring (bicyclic) bond motifs is 3. The van der Waals surface area contributed by atoms with Gasteiger partial charge in [0, 0.05) is 6.04 Å². The fraction of sp³-hybridized carbons (Fsp3) is 0.571. The monoisotopic (exact) mass is 201 g/mol. The van der Waals surface area contributed by atoms with Crippen molar-refractivity contribution in [1.82, 2.24) is 5.32 Å². The molecule has 3 aliphatic rings. The highest BCUT2D eigenvalue weighted by Gasteiger charge is 2.34. The maximum absolute atomic E-state index is 3.63. The van der Waals surface area contributed by atoms with E-state index >= 15 is 0 Å². The summed E-state index contributed by atoms with van der Waals surface area (Å²) in [5.74, 6) is 1.88. The van der Waals surface area contributed by atoms with E-state index in [1.165, 1.54) is 37.8 Å². The first-order valence-electron chi connectivity index (χ1n) is 6.19. The van der Waals surface area contributed by atoms with Crippen LogP contribution in [0.2, 0.25) is 0 Å². The molecule has 3 unspecified atom stereocenters. The van der Waals surface area contributed by atoms with Gasteiger partial charge in [-0.1, -0.05) is 30.3 Å². The van der Waals surface area contributed by atoms with E-state index in [2.05, 4.69) is 35.6 Å². The molecule has 2 saturated heterocycles. The van der Waals surface area contributed by atoms with Crippen LogP contribution in [0.1, 0.15) is 24.8 Å². The van der Waals surface area contributed by atoms with Gasteiger partial charge < -0.3 is 5.32 Å². The van der Waals surface area contributed by atoms with Gasteiger partial charge in [-0.15, -0.1) is 0 Å². The summed E-state index contributed by atoms with van der Waals surface area (Å²) in [5, 5.41) is 3.63. The van der Waals surface area contributed by atoms with E-state index in [4.69, 9.17) is 0 Å². The number of benzene rings is 1. The minimum atomic E-state index is 0.823. The molecule has 1 N–H and O–H groups in total. The minimum Gasteiger partial charge on any atom is -0.314 e. The van der Waals surface area contributed by atoms with Crippen molar-refractivity contribution in [2.75, 3.05) is 6.54 Å². The Kier molecular flexibility index (Phi) is 2.49. The van der Waals surface area contributed by atoms with Crippen LogP contribution >= 0.6 is 0 Å². The zero-order chi connectivity index (χ0) is 10.1. The minimum absolute atomic E-state index is 0.823. The number of hydrogen-bond donors (Lipinski definition) is 1. The summed E-state index contributed by atoms with van der Waals surface area (Å²) in [5.41, 5.74) is 1.52. The Morgan fingerprint density at radius 1 is 1.13 bits per heavy atom. The maximum atomic E-state index is 3.63. The van der Waals surface area contributed by atoms with Crippen LogP contribution in [0.5, 0.6) is 0 Å². The largest absolute Gasteiger partial charge is 0.314 e. The molecule has 80 valence electrons. The second kappa shape index (κ2) is 3.97. The summed E-state index contributed by atoms with van der Waals surface area (Å²) < 4.78 is 0. The predicted octanol–water partition coefficient (Wildman–Crippen LogP) is 2.62. The number of hydrogen-bond acceptors (Lipinski definition) is 1. The molecule has 2 bridgehead atoms. The molecule has 1 saturated carbocycles. The Morgan fingerprint density at radius 3 is 2.60 bits per heavy atom. The predicted molar refractivity (Wildman–Crippen MR) is 62.8 cm³/mol. The lowest BCUT2D eigenvalue weighted by molar-refractivity contribution is 0.132. The fourth-order valence-corrected chi connectivity index (χ4v) is 3.27. The Balaban J connectivity index is 1.69. The van der Waals surface area contributed by atoms with Gasteiger partial charge in [0.15, 0.2) is 0 Å². The summed E-state index contributed by atoms with van der Waals surface area (Å²) >= 11 is 0. The summed E-state index contributed by atoms with van der Waals surface area (Å²) in [4.78, 5) is 0. The van der Waals surface area contributed by atoms with Crippen LogP contribution < -0.4 is 5.32 Å². The number of rotatable bonds is 2. The molecule has 2 heterocycles. The van der Waals surface area contributed by atoms with Crippen LogP contribution in [-0.4, -0.2) is 12.6 Å². The van der Waals surface area contributed by atoms with E-state index in [1.807, 2.05) is 0 Å². The average molecular weight is 201 g/mol. The molecule has 1 aromatic rings. The summed E-state index contributed by atoms with van der Waals surface area (Å²) in [6.07, 6.45) is 5.56. The van der Waals surface area contributed by atoms with Gasteiger partial charge in [-0.3, -0.25) is 0 Å². The normalized spacial score (nSPS) is 34.3. The average Bonchev–Trinajstić information content (AvgIpc) is 2.32. The fourth-order valence-electron chi connectivity index (χ4n) is 3.27. The first kappa shape index (κ1) is 9.41.